The summed E-state index contributed by atoms with van der Waals surface area (Å²) >= 11 is 0. The van der Waals surface area contributed by atoms with Crippen molar-refractivity contribution in [3.63, 3.8) is 0 Å². The minimum absolute atomic E-state index is 0.00627. The van der Waals surface area contributed by atoms with Crippen LogP contribution in [0.25, 0.3) is 0 Å². The molecule has 0 aromatic carbocycles. The largest absolute Gasteiger partial charge is 0.350 e. The summed E-state index contributed by atoms with van der Waals surface area (Å²) in [6.45, 7) is 4.09. The molecule has 88 valence electrons. The first kappa shape index (κ1) is 12.6. The Morgan fingerprint density at radius 3 is 2.75 bits per heavy atom. The van der Waals surface area contributed by atoms with Crippen LogP contribution in [0.3, 0.4) is 0 Å². The number of amides is 1. The van der Waals surface area contributed by atoms with Crippen molar-refractivity contribution in [1.29, 1.82) is 0 Å². The summed E-state index contributed by atoms with van der Waals surface area (Å²) in [7, 11) is 0. The van der Waals surface area contributed by atoms with Gasteiger partial charge in [-0.3, -0.25) is 9.78 Å². The molecule has 4 heteroatoms. The van der Waals surface area contributed by atoms with E-state index in [0.717, 1.165) is 12.8 Å². The minimum Gasteiger partial charge on any atom is -0.350 e. The smallest absolute Gasteiger partial charge is 0.223 e. The van der Waals surface area contributed by atoms with E-state index in [4.69, 9.17) is 0 Å². The highest BCUT2D eigenvalue weighted by Gasteiger charge is 2.14. The first-order chi connectivity index (χ1) is 7.69. The van der Waals surface area contributed by atoms with Gasteiger partial charge in [0, 0.05) is 12.1 Å². The highest BCUT2D eigenvalue weighted by molar-refractivity contribution is 5.78. The van der Waals surface area contributed by atoms with Crippen LogP contribution in [0.2, 0.25) is 0 Å². The Hall–Kier alpha value is -1.45. The maximum Gasteiger partial charge on any atom is 0.223 e. The van der Waals surface area contributed by atoms with Gasteiger partial charge in [-0.05, 0) is 25.0 Å². The van der Waals surface area contributed by atoms with Crippen LogP contribution in [0.4, 0.5) is 4.39 Å². The van der Waals surface area contributed by atoms with Gasteiger partial charge in [-0.25, -0.2) is 4.39 Å². The molecule has 1 aromatic heterocycles. The molecule has 16 heavy (non-hydrogen) atoms. The molecule has 1 N–H and O–H groups in total. The standard InChI is InChI=1S/C12H17FN2O/c1-3-9(4-2)12(16)15-8-11-10(13)6-5-7-14-11/h5-7,9H,3-4,8H2,1-2H3,(H,15,16). The van der Waals surface area contributed by atoms with Gasteiger partial charge in [0.1, 0.15) is 5.82 Å². The molecule has 0 aliphatic heterocycles. The molecule has 1 aromatic rings. The number of rotatable bonds is 5. The van der Waals surface area contributed by atoms with Gasteiger partial charge in [0.25, 0.3) is 0 Å². The molecule has 0 atom stereocenters. The summed E-state index contributed by atoms with van der Waals surface area (Å²) in [6.07, 6.45) is 3.11. The third-order valence-electron chi connectivity index (χ3n) is 2.62. The van der Waals surface area contributed by atoms with Crippen molar-refractivity contribution in [1.82, 2.24) is 10.3 Å². The fourth-order valence-corrected chi connectivity index (χ4v) is 1.52. The fraction of sp³-hybridized carbons (Fsp3) is 0.500. The molecule has 0 saturated heterocycles. The van der Waals surface area contributed by atoms with Gasteiger partial charge in [0.05, 0.1) is 12.2 Å². The van der Waals surface area contributed by atoms with Gasteiger partial charge in [0.15, 0.2) is 0 Å². The maximum atomic E-state index is 13.2. The Bertz CT molecular complexity index is 351. The molecule has 0 saturated carbocycles. The molecule has 1 rings (SSSR count). The van der Waals surface area contributed by atoms with E-state index in [1.165, 1.54) is 18.3 Å². The lowest BCUT2D eigenvalue weighted by Gasteiger charge is -2.12. The van der Waals surface area contributed by atoms with Crippen LogP contribution in [0, 0.1) is 11.7 Å². The van der Waals surface area contributed by atoms with Gasteiger partial charge in [-0.1, -0.05) is 13.8 Å². The third kappa shape index (κ3) is 3.29. The second kappa shape index (κ2) is 6.20. The summed E-state index contributed by atoms with van der Waals surface area (Å²) in [5, 5.41) is 2.70. The lowest BCUT2D eigenvalue weighted by Crippen LogP contribution is -2.30. The van der Waals surface area contributed by atoms with E-state index in [1.54, 1.807) is 0 Å². The van der Waals surface area contributed by atoms with E-state index in [1.807, 2.05) is 13.8 Å². The van der Waals surface area contributed by atoms with E-state index in [0.29, 0.717) is 0 Å². The topological polar surface area (TPSA) is 42.0 Å². The van der Waals surface area contributed by atoms with Gasteiger partial charge < -0.3 is 5.32 Å². The van der Waals surface area contributed by atoms with Crippen molar-refractivity contribution in [3.05, 3.63) is 29.8 Å². The van der Waals surface area contributed by atoms with Gasteiger partial charge in [-0.2, -0.15) is 0 Å². The molecule has 0 aliphatic rings. The predicted molar refractivity (Wildman–Crippen MR) is 60.1 cm³/mol. The number of carbonyl (C=O) groups excluding carboxylic acids is 1. The number of nitrogens with one attached hydrogen (secondary N) is 1. The van der Waals surface area contributed by atoms with E-state index >= 15 is 0 Å². The summed E-state index contributed by atoms with van der Waals surface area (Å²) in [5.74, 6) is -0.408. The number of nitrogens with zero attached hydrogens (tertiary/aromatic N) is 1. The highest BCUT2D eigenvalue weighted by Crippen LogP contribution is 2.08. The van der Waals surface area contributed by atoms with Gasteiger partial charge in [-0.15, -0.1) is 0 Å². The third-order valence-corrected chi connectivity index (χ3v) is 2.62. The molecule has 3 nitrogen and oxygen atoms in total. The monoisotopic (exact) mass is 224 g/mol. The van der Waals surface area contributed by atoms with Crippen molar-refractivity contribution in [3.8, 4) is 0 Å². The SMILES string of the molecule is CCC(CC)C(=O)NCc1ncccc1F. The Morgan fingerprint density at radius 2 is 2.19 bits per heavy atom. The van der Waals surface area contributed by atoms with Crippen molar-refractivity contribution >= 4 is 5.91 Å². The van der Waals surface area contributed by atoms with Crippen molar-refractivity contribution in [2.45, 2.75) is 33.2 Å². The zero-order valence-corrected chi connectivity index (χ0v) is 9.66. The molecule has 0 fully saturated rings. The van der Waals surface area contributed by atoms with E-state index in [-0.39, 0.29) is 29.9 Å². The van der Waals surface area contributed by atoms with Crippen LogP contribution in [0.1, 0.15) is 32.4 Å². The highest BCUT2D eigenvalue weighted by atomic mass is 19.1. The zero-order valence-electron chi connectivity index (χ0n) is 9.66. The number of hydrogen-bond acceptors (Lipinski definition) is 2. The molecular weight excluding hydrogens is 207 g/mol. The van der Waals surface area contributed by atoms with Crippen LogP contribution in [0.15, 0.2) is 18.3 Å². The number of carbonyl (C=O) groups is 1. The van der Waals surface area contributed by atoms with Crippen molar-refractivity contribution in [2.24, 2.45) is 5.92 Å². The predicted octanol–water partition coefficient (Wildman–Crippen LogP) is 2.27. The Labute approximate surface area is 95.1 Å². The van der Waals surface area contributed by atoms with E-state index in [2.05, 4.69) is 10.3 Å². The second-order valence-electron chi connectivity index (χ2n) is 3.66. The van der Waals surface area contributed by atoms with Crippen molar-refractivity contribution < 1.29 is 9.18 Å². The molecule has 0 bridgehead atoms. The number of halogens is 1. The minimum atomic E-state index is -0.382. The van der Waals surface area contributed by atoms with Gasteiger partial charge >= 0.3 is 0 Å². The quantitative estimate of drug-likeness (QED) is 0.833. The summed E-state index contributed by atoms with van der Waals surface area (Å²) in [4.78, 5) is 15.5. The molecule has 0 aliphatic carbocycles. The number of pyridine rings is 1. The Balaban J connectivity index is 2.52. The van der Waals surface area contributed by atoms with Crippen LogP contribution in [0.5, 0.6) is 0 Å². The number of hydrogen-bond donors (Lipinski definition) is 1. The van der Waals surface area contributed by atoms with Crippen LogP contribution < -0.4 is 5.32 Å². The lowest BCUT2D eigenvalue weighted by atomic mass is 10.0. The molecular formula is C12H17FN2O. The lowest BCUT2D eigenvalue weighted by molar-refractivity contribution is -0.125. The summed E-state index contributed by atoms with van der Waals surface area (Å²) in [5.41, 5.74) is 0.279. The van der Waals surface area contributed by atoms with Gasteiger partial charge in [0.2, 0.25) is 5.91 Å². The van der Waals surface area contributed by atoms with E-state index < -0.39 is 0 Å². The first-order valence-corrected chi connectivity index (χ1v) is 5.56. The first-order valence-electron chi connectivity index (χ1n) is 5.56. The normalized spacial score (nSPS) is 10.5. The summed E-state index contributed by atoms with van der Waals surface area (Å²) in [6, 6.07) is 2.87. The summed E-state index contributed by atoms with van der Waals surface area (Å²) < 4.78 is 13.2. The van der Waals surface area contributed by atoms with Crippen LogP contribution in [-0.4, -0.2) is 10.9 Å². The fourth-order valence-electron chi connectivity index (χ4n) is 1.52. The molecule has 0 radical (unpaired) electrons. The Morgan fingerprint density at radius 1 is 1.50 bits per heavy atom. The van der Waals surface area contributed by atoms with Crippen LogP contribution >= 0.6 is 0 Å². The average molecular weight is 224 g/mol. The number of aromatic nitrogens is 1. The van der Waals surface area contributed by atoms with E-state index in [9.17, 15) is 9.18 Å². The average Bonchev–Trinajstić information content (AvgIpc) is 2.29. The maximum absolute atomic E-state index is 13.2. The van der Waals surface area contributed by atoms with Crippen molar-refractivity contribution in [2.75, 3.05) is 0 Å². The molecule has 1 amide bonds. The molecule has 1 heterocycles. The Kier molecular flexibility index (Phi) is 4.89. The second-order valence-corrected chi connectivity index (χ2v) is 3.66. The zero-order chi connectivity index (χ0) is 12.0. The molecule has 0 spiro atoms. The molecule has 0 unspecified atom stereocenters. The van der Waals surface area contributed by atoms with Crippen LogP contribution in [-0.2, 0) is 11.3 Å².